The Morgan fingerprint density at radius 3 is 2.61 bits per heavy atom. The van der Waals surface area contributed by atoms with E-state index in [4.69, 9.17) is 4.74 Å². The molecule has 1 aromatic carbocycles. The maximum atomic E-state index is 9.41. The molecule has 1 aromatic rings. The Morgan fingerprint density at radius 1 is 1.33 bits per heavy atom. The second kappa shape index (κ2) is 5.83. The summed E-state index contributed by atoms with van der Waals surface area (Å²) in [6, 6.07) is 8.52. The van der Waals surface area contributed by atoms with Crippen molar-refractivity contribution in [3.8, 4) is 0 Å². The lowest BCUT2D eigenvalue weighted by molar-refractivity contribution is -0.146. The minimum atomic E-state index is -0.0134. The molecule has 1 N–H and O–H groups in total. The van der Waals surface area contributed by atoms with E-state index in [-0.39, 0.29) is 12.0 Å². The molecular formula is C15H23NO2. The number of hydrogen-bond donors (Lipinski definition) is 1. The molecule has 0 radical (unpaired) electrons. The molecule has 0 spiro atoms. The predicted octanol–water partition coefficient (Wildman–Crippen LogP) is 1.48. The zero-order valence-electron chi connectivity index (χ0n) is 11.4. The van der Waals surface area contributed by atoms with Crippen molar-refractivity contribution in [3.05, 3.63) is 35.4 Å². The van der Waals surface area contributed by atoms with E-state index in [1.807, 2.05) is 0 Å². The molecule has 1 aliphatic heterocycles. The van der Waals surface area contributed by atoms with Crippen molar-refractivity contribution in [2.75, 3.05) is 40.0 Å². The Kier molecular flexibility index (Phi) is 4.38. The Labute approximate surface area is 109 Å². The number of aryl methyl sites for hydroxylation is 1. The number of benzene rings is 1. The molecule has 0 aromatic heterocycles. The van der Waals surface area contributed by atoms with Gasteiger partial charge < -0.3 is 14.7 Å². The molecule has 1 aliphatic rings. The second-order valence-corrected chi connectivity index (χ2v) is 5.57. The predicted molar refractivity (Wildman–Crippen MR) is 72.7 cm³/mol. The summed E-state index contributed by atoms with van der Waals surface area (Å²) in [5.41, 5.74) is 2.75. The van der Waals surface area contributed by atoms with Crippen molar-refractivity contribution in [1.82, 2.24) is 4.90 Å². The van der Waals surface area contributed by atoms with Crippen LogP contribution in [0.15, 0.2) is 24.3 Å². The van der Waals surface area contributed by atoms with E-state index in [9.17, 15) is 5.11 Å². The summed E-state index contributed by atoms with van der Waals surface area (Å²) < 4.78 is 5.23. The lowest BCUT2D eigenvalue weighted by atomic mass is 9.86. The first-order valence-electron chi connectivity index (χ1n) is 6.57. The number of likely N-dealkylation sites (N-methyl/N-ethyl adjacent to an activating group) is 1. The first kappa shape index (κ1) is 13.5. The van der Waals surface area contributed by atoms with Crippen molar-refractivity contribution in [2.24, 2.45) is 5.41 Å². The molecule has 1 fully saturated rings. The fraction of sp³-hybridized carbons (Fsp3) is 0.600. The van der Waals surface area contributed by atoms with Gasteiger partial charge in [-0.25, -0.2) is 0 Å². The first-order chi connectivity index (χ1) is 8.65. The highest BCUT2D eigenvalue weighted by Crippen LogP contribution is 2.27. The molecule has 1 heterocycles. The van der Waals surface area contributed by atoms with Crippen LogP contribution in [0, 0.1) is 12.3 Å². The zero-order chi connectivity index (χ0) is 13.0. The van der Waals surface area contributed by atoms with Crippen LogP contribution in [-0.2, 0) is 11.2 Å². The van der Waals surface area contributed by atoms with Crippen molar-refractivity contribution in [3.63, 3.8) is 0 Å². The van der Waals surface area contributed by atoms with Gasteiger partial charge in [0.2, 0.25) is 0 Å². The topological polar surface area (TPSA) is 32.7 Å². The fourth-order valence-corrected chi connectivity index (χ4v) is 2.48. The fourth-order valence-electron chi connectivity index (χ4n) is 2.48. The van der Waals surface area contributed by atoms with Crippen LogP contribution in [0.1, 0.15) is 11.1 Å². The van der Waals surface area contributed by atoms with Crippen molar-refractivity contribution in [2.45, 2.75) is 13.3 Å². The Balaban J connectivity index is 1.81. The average molecular weight is 249 g/mol. The molecule has 0 amide bonds. The molecule has 18 heavy (non-hydrogen) atoms. The van der Waals surface area contributed by atoms with Gasteiger partial charge in [0.05, 0.1) is 25.2 Å². The standard InChI is InChI=1S/C15H23NO2/c1-13-5-3-4-6-14(13)7-8-16(2)9-15(10-17)11-18-12-15/h3-6,17H,7-12H2,1-2H3. The van der Waals surface area contributed by atoms with E-state index in [0.717, 1.165) is 19.5 Å². The van der Waals surface area contributed by atoms with Gasteiger partial charge in [0.25, 0.3) is 0 Å². The van der Waals surface area contributed by atoms with Gasteiger partial charge in [0.15, 0.2) is 0 Å². The SMILES string of the molecule is Cc1ccccc1CCN(C)CC1(CO)COC1. The number of hydrogen-bond acceptors (Lipinski definition) is 3. The van der Waals surface area contributed by atoms with Crippen LogP contribution in [0.3, 0.4) is 0 Å². The lowest BCUT2D eigenvalue weighted by Gasteiger charge is -2.42. The Bertz CT molecular complexity index is 382. The van der Waals surface area contributed by atoms with Gasteiger partial charge in [-0.3, -0.25) is 0 Å². The van der Waals surface area contributed by atoms with Gasteiger partial charge in [-0.2, -0.15) is 0 Å². The van der Waals surface area contributed by atoms with Crippen LogP contribution < -0.4 is 0 Å². The molecule has 1 saturated heterocycles. The largest absolute Gasteiger partial charge is 0.396 e. The van der Waals surface area contributed by atoms with Crippen LogP contribution >= 0.6 is 0 Å². The van der Waals surface area contributed by atoms with E-state index in [0.29, 0.717) is 13.2 Å². The van der Waals surface area contributed by atoms with Crippen molar-refractivity contribution < 1.29 is 9.84 Å². The van der Waals surface area contributed by atoms with Gasteiger partial charge in [-0.15, -0.1) is 0 Å². The first-order valence-corrected chi connectivity index (χ1v) is 6.57. The minimum absolute atomic E-state index is 0.0134. The highest BCUT2D eigenvalue weighted by atomic mass is 16.5. The molecular weight excluding hydrogens is 226 g/mol. The van der Waals surface area contributed by atoms with Gasteiger partial charge in [0.1, 0.15) is 0 Å². The molecule has 0 saturated carbocycles. The van der Waals surface area contributed by atoms with E-state index >= 15 is 0 Å². The number of aliphatic hydroxyl groups excluding tert-OH is 1. The highest BCUT2D eigenvalue weighted by Gasteiger charge is 2.38. The van der Waals surface area contributed by atoms with E-state index in [2.05, 4.69) is 43.1 Å². The molecule has 3 nitrogen and oxygen atoms in total. The summed E-state index contributed by atoms with van der Waals surface area (Å²) in [5.74, 6) is 0. The highest BCUT2D eigenvalue weighted by molar-refractivity contribution is 5.25. The zero-order valence-corrected chi connectivity index (χ0v) is 11.4. The van der Waals surface area contributed by atoms with Gasteiger partial charge in [-0.1, -0.05) is 24.3 Å². The van der Waals surface area contributed by atoms with Crippen LogP contribution in [0.2, 0.25) is 0 Å². The van der Waals surface area contributed by atoms with Crippen LogP contribution in [0.25, 0.3) is 0 Å². The lowest BCUT2D eigenvalue weighted by Crippen LogP contribution is -2.52. The minimum Gasteiger partial charge on any atom is -0.396 e. The number of nitrogens with zero attached hydrogens (tertiary/aromatic N) is 1. The number of rotatable bonds is 6. The Hall–Kier alpha value is -0.900. The summed E-state index contributed by atoms with van der Waals surface area (Å²) in [7, 11) is 2.12. The molecule has 2 rings (SSSR count). The second-order valence-electron chi connectivity index (χ2n) is 5.57. The van der Waals surface area contributed by atoms with Gasteiger partial charge in [0, 0.05) is 13.1 Å². The van der Waals surface area contributed by atoms with Gasteiger partial charge >= 0.3 is 0 Å². The summed E-state index contributed by atoms with van der Waals surface area (Å²) in [6.45, 7) is 5.70. The summed E-state index contributed by atoms with van der Waals surface area (Å²) in [6.07, 6.45) is 1.06. The maximum absolute atomic E-state index is 9.41. The average Bonchev–Trinajstić information content (AvgIpc) is 2.33. The van der Waals surface area contributed by atoms with E-state index in [1.165, 1.54) is 11.1 Å². The molecule has 0 aliphatic carbocycles. The third-order valence-corrected chi connectivity index (χ3v) is 3.78. The van der Waals surface area contributed by atoms with Crippen LogP contribution in [-0.4, -0.2) is 50.0 Å². The van der Waals surface area contributed by atoms with E-state index in [1.54, 1.807) is 0 Å². The quantitative estimate of drug-likeness (QED) is 0.829. The molecule has 0 bridgehead atoms. The van der Waals surface area contributed by atoms with Crippen molar-refractivity contribution >= 4 is 0 Å². The smallest absolute Gasteiger partial charge is 0.0579 e. The monoisotopic (exact) mass is 249 g/mol. The number of aliphatic hydroxyl groups is 1. The summed E-state index contributed by atoms with van der Waals surface area (Å²) in [5, 5.41) is 9.41. The molecule has 3 heteroatoms. The maximum Gasteiger partial charge on any atom is 0.0579 e. The van der Waals surface area contributed by atoms with E-state index < -0.39 is 0 Å². The van der Waals surface area contributed by atoms with Crippen molar-refractivity contribution in [1.29, 1.82) is 0 Å². The molecule has 100 valence electrons. The number of ether oxygens (including phenoxy) is 1. The molecule has 0 atom stereocenters. The summed E-state index contributed by atoms with van der Waals surface area (Å²) >= 11 is 0. The van der Waals surface area contributed by atoms with Crippen LogP contribution in [0.4, 0.5) is 0 Å². The third-order valence-electron chi connectivity index (χ3n) is 3.78. The van der Waals surface area contributed by atoms with Gasteiger partial charge in [-0.05, 0) is 31.5 Å². The normalized spacial score (nSPS) is 17.8. The third kappa shape index (κ3) is 3.10. The summed E-state index contributed by atoms with van der Waals surface area (Å²) in [4.78, 5) is 2.30. The Morgan fingerprint density at radius 2 is 2.06 bits per heavy atom. The van der Waals surface area contributed by atoms with Crippen LogP contribution in [0.5, 0.6) is 0 Å². The molecule has 0 unspecified atom stereocenters.